The van der Waals surface area contributed by atoms with Gasteiger partial charge in [0.1, 0.15) is 0 Å². The van der Waals surface area contributed by atoms with Crippen molar-refractivity contribution < 1.29 is 9.58 Å². The van der Waals surface area contributed by atoms with Gasteiger partial charge in [-0.15, -0.1) is 0 Å². The molecule has 94 valence electrons. The molecule has 1 aliphatic rings. The van der Waals surface area contributed by atoms with Gasteiger partial charge in [0.25, 0.3) is 0 Å². The van der Waals surface area contributed by atoms with Gasteiger partial charge in [0.05, 0.1) is 5.56 Å². The molecule has 18 heavy (non-hydrogen) atoms. The highest BCUT2D eigenvalue weighted by molar-refractivity contribution is 6.44. The van der Waals surface area contributed by atoms with Gasteiger partial charge in [-0.05, 0) is 31.9 Å². The van der Waals surface area contributed by atoms with Crippen LogP contribution < -0.4 is 0 Å². The second kappa shape index (κ2) is 5.74. The Balaban J connectivity index is 2.21. The Morgan fingerprint density at radius 1 is 1.17 bits per heavy atom. The predicted octanol–water partition coefficient (Wildman–Crippen LogP) is 3.16. The van der Waals surface area contributed by atoms with Gasteiger partial charge in [0.2, 0.25) is 5.78 Å². The number of nitrogens with zero attached hydrogens (tertiary/aromatic N) is 2. The predicted molar refractivity (Wildman–Crippen MR) is 70.5 cm³/mol. The van der Waals surface area contributed by atoms with Crippen molar-refractivity contribution in [3.05, 3.63) is 40.9 Å². The van der Waals surface area contributed by atoms with Gasteiger partial charge in [0, 0.05) is 5.92 Å². The molecule has 3 nitrogen and oxygen atoms in total. The minimum absolute atomic E-state index is 0.0129. The Kier molecular flexibility index (Phi) is 4.06. The molecule has 1 fully saturated rings. The van der Waals surface area contributed by atoms with E-state index in [1.807, 2.05) is 31.2 Å². The number of aryl methyl sites for hydroxylation is 1. The molecule has 0 spiro atoms. The molecule has 1 saturated carbocycles. The topological polar surface area (TPSA) is 53.5 Å². The number of hydrogen-bond donors (Lipinski definition) is 0. The fraction of sp³-hybridized carbons (Fsp3) is 0.467. The van der Waals surface area contributed by atoms with Crippen LogP contribution in [0.15, 0.2) is 24.3 Å². The van der Waals surface area contributed by atoms with Crippen LogP contribution in [0.4, 0.5) is 0 Å². The van der Waals surface area contributed by atoms with Crippen LogP contribution >= 0.6 is 0 Å². The summed E-state index contributed by atoms with van der Waals surface area (Å²) in [5, 5.41) is 0. The van der Waals surface area contributed by atoms with E-state index in [4.69, 9.17) is 5.53 Å². The van der Waals surface area contributed by atoms with Crippen LogP contribution in [-0.4, -0.2) is 16.3 Å². The molecule has 0 heterocycles. The highest BCUT2D eigenvalue weighted by Crippen LogP contribution is 2.25. The summed E-state index contributed by atoms with van der Waals surface area (Å²) < 4.78 is 0. The van der Waals surface area contributed by atoms with Gasteiger partial charge in [-0.3, -0.25) is 4.79 Å². The van der Waals surface area contributed by atoms with E-state index in [1.165, 1.54) is 6.42 Å². The first-order valence-corrected chi connectivity index (χ1v) is 6.55. The van der Waals surface area contributed by atoms with Gasteiger partial charge in [0.15, 0.2) is 0 Å². The first-order valence-electron chi connectivity index (χ1n) is 6.55. The minimum Gasteiger partial charge on any atom is -0.361 e. The lowest BCUT2D eigenvalue weighted by Gasteiger charge is -2.18. The molecule has 1 aromatic carbocycles. The van der Waals surface area contributed by atoms with Gasteiger partial charge in [-0.25, -0.2) is 0 Å². The summed E-state index contributed by atoms with van der Waals surface area (Å²) in [6.45, 7) is 1.99. The third-order valence-electron chi connectivity index (χ3n) is 3.63. The molecule has 0 bridgehead atoms. The van der Waals surface area contributed by atoms with Gasteiger partial charge < -0.3 is 5.53 Å². The Morgan fingerprint density at radius 3 is 2.33 bits per heavy atom. The molecule has 3 heteroatoms. The van der Waals surface area contributed by atoms with Crippen LogP contribution in [0.25, 0.3) is 5.53 Å². The molecule has 0 unspecified atom stereocenters. The Hall–Kier alpha value is -1.73. The third-order valence-corrected chi connectivity index (χ3v) is 3.63. The van der Waals surface area contributed by atoms with Crippen molar-refractivity contribution in [2.24, 2.45) is 5.92 Å². The van der Waals surface area contributed by atoms with Gasteiger partial charge in [-0.2, -0.15) is 4.79 Å². The number of carbonyl (C=O) groups is 1. The highest BCUT2D eigenvalue weighted by atomic mass is 16.1. The van der Waals surface area contributed by atoms with Gasteiger partial charge in [-0.1, -0.05) is 37.0 Å². The van der Waals surface area contributed by atoms with Crippen LogP contribution in [0.1, 0.15) is 43.2 Å². The third kappa shape index (κ3) is 2.74. The van der Waals surface area contributed by atoms with E-state index in [9.17, 15) is 4.79 Å². The van der Waals surface area contributed by atoms with Crippen LogP contribution in [0.2, 0.25) is 0 Å². The fourth-order valence-corrected chi connectivity index (χ4v) is 2.52. The normalized spacial score (nSPS) is 16.1. The molecule has 0 amide bonds. The standard InChI is InChI=1S/C15H18N2O/c1-11-7-9-12(10-8-11)14(17-16)15(18)13-5-3-2-4-6-13/h7-10,13H,2-6H2,1H3. The summed E-state index contributed by atoms with van der Waals surface area (Å²) in [5.41, 5.74) is 11.2. The zero-order valence-electron chi connectivity index (χ0n) is 10.7. The van der Waals surface area contributed by atoms with E-state index in [1.54, 1.807) is 0 Å². The largest absolute Gasteiger partial charge is 0.365 e. The first-order chi connectivity index (χ1) is 8.72. The van der Waals surface area contributed by atoms with E-state index in [0.29, 0.717) is 5.56 Å². The van der Waals surface area contributed by atoms with E-state index < -0.39 is 0 Å². The second-order valence-electron chi connectivity index (χ2n) is 5.01. The summed E-state index contributed by atoms with van der Waals surface area (Å²) in [6, 6.07) is 7.53. The Bertz CT molecular complexity index is 478. The summed E-state index contributed by atoms with van der Waals surface area (Å²) in [7, 11) is 0. The maximum Gasteiger partial charge on any atom is 0.365 e. The Labute approximate surface area is 107 Å². The number of Topliss-reactive ketones (excluding diaryl/α,β-unsaturated/α-hetero) is 1. The van der Waals surface area contributed by atoms with E-state index in [-0.39, 0.29) is 17.4 Å². The molecular formula is C15H18N2O. The maximum absolute atomic E-state index is 12.3. The summed E-state index contributed by atoms with van der Waals surface area (Å²) in [4.78, 5) is 15.6. The maximum atomic E-state index is 12.3. The fourth-order valence-electron chi connectivity index (χ4n) is 2.52. The zero-order chi connectivity index (χ0) is 13.0. The molecule has 1 aromatic rings. The smallest absolute Gasteiger partial charge is 0.361 e. The van der Waals surface area contributed by atoms with Crippen molar-refractivity contribution in [3.63, 3.8) is 0 Å². The molecule has 0 saturated heterocycles. The molecule has 0 radical (unpaired) electrons. The second-order valence-corrected chi connectivity index (χ2v) is 5.01. The number of ketones is 1. The Morgan fingerprint density at radius 2 is 1.78 bits per heavy atom. The molecule has 2 rings (SSSR count). The van der Waals surface area contributed by atoms with Crippen molar-refractivity contribution in [3.8, 4) is 0 Å². The van der Waals surface area contributed by atoms with Crippen LogP contribution in [0, 0.1) is 12.8 Å². The molecule has 0 atom stereocenters. The molecular weight excluding hydrogens is 224 g/mol. The summed E-state index contributed by atoms with van der Waals surface area (Å²) >= 11 is 0. The van der Waals surface area contributed by atoms with Crippen LogP contribution in [0.3, 0.4) is 0 Å². The number of rotatable bonds is 3. The minimum atomic E-state index is -0.0129. The lowest BCUT2D eigenvalue weighted by Crippen LogP contribution is -2.27. The van der Waals surface area contributed by atoms with E-state index in [2.05, 4.69) is 4.79 Å². The number of hydrogen-bond acceptors (Lipinski definition) is 1. The number of benzene rings is 1. The zero-order valence-corrected chi connectivity index (χ0v) is 10.7. The lowest BCUT2D eigenvalue weighted by atomic mass is 9.83. The lowest BCUT2D eigenvalue weighted by molar-refractivity contribution is -0.121. The average Bonchev–Trinajstić information content (AvgIpc) is 2.42. The summed E-state index contributed by atoms with van der Waals surface area (Å²) in [5.74, 6) is 0.0204. The van der Waals surface area contributed by atoms with Gasteiger partial charge >= 0.3 is 5.71 Å². The van der Waals surface area contributed by atoms with Crippen molar-refractivity contribution in [1.82, 2.24) is 0 Å². The van der Waals surface area contributed by atoms with Crippen molar-refractivity contribution in [1.29, 1.82) is 0 Å². The number of carbonyl (C=O) groups excluding carboxylic acids is 1. The summed E-state index contributed by atoms with van der Waals surface area (Å²) in [6.07, 6.45) is 5.25. The van der Waals surface area contributed by atoms with Crippen molar-refractivity contribution in [2.75, 3.05) is 0 Å². The molecule has 0 N–H and O–H groups in total. The quantitative estimate of drug-likeness (QED) is 0.456. The molecule has 0 aromatic heterocycles. The first kappa shape index (κ1) is 12.7. The van der Waals surface area contributed by atoms with E-state index in [0.717, 1.165) is 31.2 Å². The van der Waals surface area contributed by atoms with Crippen molar-refractivity contribution >= 4 is 11.5 Å². The van der Waals surface area contributed by atoms with Crippen LogP contribution in [-0.2, 0) is 4.79 Å². The monoisotopic (exact) mass is 242 g/mol. The van der Waals surface area contributed by atoms with Crippen LogP contribution in [0.5, 0.6) is 0 Å². The van der Waals surface area contributed by atoms with E-state index >= 15 is 0 Å². The molecule has 1 aliphatic carbocycles. The molecule has 0 aliphatic heterocycles. The SMILES string of the molecule is Cc1ccc(C(=[N+]=[N-])C(=O)C2CCCCC2)cc1. The van der Waals surface area contributed by atoms with Crippen molar-refractivity contribution in [2.45, 2.75) is 39.0 Å². The average molecular weight is 242 g/mol. The highest BCUT2D eigenvalue weighted by Gasteiger charge is 2.31.